The summed E-state index contributed by atoms with van der Waals surface area (Å²) in [5.41, 5.74) is 2.37. The molecular formula is C14H20O2. The standard InChI is InChI=1S/C14H20O2/c1-9(2)10-6-7-11(13(15)16)12(8-10)14(3,4)5/h6-9H,1-5H3,(H,15,16). The quantitative estimate of drug-likeness (QED) is 0.823. The van der Waals surface area contributed by atoms with Crippen LogP contribution in [0, 0.1) is 0 Å². The van der Waals surface area contributed by atoms with Gasteiger partial charge in [-0.2, -0.15) is 0 Å². The number of carbonyl (C=O) groups is 1. The monoisotopic (exact) mass is 220 g/mol. The van der Waals surface area contributed by atoms with Crippen molar-refractivity contribution in [2.75, 3.05) is 0 Å². The zero-order chi connectivity index (χ0) is 12.5. The van der Waals surface area contributed by atoms with Crippen LogP contribution in [0.4, 0.5) is 0 Å². The van der Waals surface area contributed by atoms with E-state index in [0.29, 0.717) is 11.5 Å². The van der Waals surface area contributed by atoms with Crippen molar-refractivity contribution in [2.24, 2.45) is 0 Å². The van der Waals surface area contributed by atoms with Gasteiger partial charge in [0, 0.05) is 0 Å². The molecule has 2 heteroatoms. The van der Waals surface area contributed by atoms with Crippen LogP contribution in [0.1, 0.15) is 62.0 Å². The summed E-state index contributed by atoms with van der Waals surface area (Å²) in [5, 5.41) is 9.16. The van der Waals surface area contributed by atoms with E-state index in [2.05, 4.69) is 13.8 Å². The van der Waals surface area contributed by atoms with Crippen LogP contribution in [0.5, 0.6) is 0 Å². The van der Waals surface area contributed by atoms with Gasteiger partial charge in [0.25, 0.3) is 0 Å². The summed E-state index contributed by atoms with van der Waals surface area (Å²) in [6.07, 6.45) is 0. The number of aromatic carboxylic acids is 1. The van der Waals surface area contributed by atoms with Crippen LogP contribution in [0.2, 0.25) is 0 Å². The van der Waals surface area contributed by atoms with Gasteiger partial charge in [-0.15, -0.1) is 0 Å². The van der Waals surface area contributed by atoms with Crippen LogP contribution < -0.4 is 0 Å². The lowest BCUT2D eigenvalue weighted by Crippen LogP contribution is -2.17. The van der Waals surface area contributed by atoms with Crippen LogP contribution in [0.3, 0.4) is 0 Å². The number of hydrogen-bond acceptors (Lipinski definition) is 1. The molecule has 1 aromatic carbocycles. The lowest BCUT2D eigenvalue weighted by atomic mass is 9.81. The maximum atomic E-state index is 11.1. The van der Waals surface area contributed by atoms with Crippen LogP contribution in [-0.2, 0) is 5.41 Å². The first-order valence-electron chi connectivity index (χ1n) is 5.61. The minimum absolute atomic E-state index is 0.140. The Bertz CT molecular complexity index is 398. The lowest BCUT2D eigenvalue weighted by molar-refractivity contribution is 0.0694. The molecular weight excluding hydrogens is 200 g/mol. The molecule has 1 aromatic rings. The SMILES string of the molecule is CC(C)c1ccc(C(=O)O)c(C(C)(C)C)c1. The second-order valence-electron chi connectivity index (χ2n) is 5.51. The Morgan fingerprint density at radius 3 is 2.19 bits per heavy atom. The highest BCUT2D eigenvalue weighted by Crippen LogP contribution is 2.29. The molecule has 0 bridgehead atoms. The Morgan fingerprint density at radius 2 is 1.81 bits per heavy atom. The van der Waals surface area contributed by atoms with E-state index < -0.39 is 5.97 Å². The number of rotatable bonds is 2. The predicted molar refractivity (Wildman–Crippen MR) is 66.2 cm³/mol. The molecule has 1 N–H and O–H groups in total. The van der Waals surface area contributed by atoms with Gasteiger partial charge >= 0.3 is 5.97 Å². The third-order valence-corrected chi connectivity index (χ3v) is 2.75. The Morgan fingerprint density at radius 1 is 1.25 bits per heavy atom. The van der Waals surface area contributed by atoms with Crippen molar-refractivity contribution in [3.63, 3.8) is 0 Å². The highest BCUT2D eigenvalue weighted by molar-refractivity contribution is 5.90. The molecule has 0 radical (unpaired) electrons. The second kappa shape index (κ2) is 4.28. The Labute approximate surface area is 97.3 Å². The highest BCUT2D eigenvalue weighted by Gasteiger charge is 2.22. The molecule has 2 nitrogen and oxygen atoms in total. The van der Waals surface area contributed by atoms with Gasteiger partial charge in [-0.25, -0.2) is 4.79 Å². The molecule has 0 saturated heterocycles. The largest absolute Gasteiger partial charge is 0.478 e. The molecule has 0 aliphatic carbocycles. The number of carboxylic acids is 1. The fraction of sp³-hybridized carbons (Fsp3) is 0.500. The van der Waals surface area contributed by atoms with Gasteiger partial charge in [-0.1, -0.05) is 46.8 Å². The zero-order valence-corrected chi connectivity index (χ0v) is 10.7. The van der Waals surface area contributed by atoms with Gasteiger partial charge in [0.15, 0.2) is 0 Å². The summed E-state index contributed by atoms with van der Waals surface area (Å²) in [6.45, 7) is 10.3. The first-order chi connectivity index (χ1) is 7.23. The molecule has 0 fully saturated rings. The van der Waals surface area contributed by atoms with Crippen molar-refractivity contribution in [3.8, 4) is 0 Å². The minimum atomic E-state index is -0.847. The number of hydrogen-bond donors (Lipinski definition) is 1. The van der Waals surface area contributed by atoms with Crippen molar-refractivity contribution >= 4 is 5.97 Å². The van der Waals surface area contributed by atoms with Crippen molar-refractivity contribution in [3.05, 3.63) is 34.9 Å². The molecule has 0 saturated carbocycles. The molecule has 1 rings (SSSR count). The normalized spacial score (nSPS) is 11.9. The zero-order valence-electron chi connectivity index (χ0n) is 10.7. The first-order valence-corrected chi connectivity index (χ1v) is 5.61. The Balaban J connectivity index is 3.39. The lowest BCUT2D eigenvalue weighted by Gasteiger charge is -2.23. The molecule has 0 unspecified atom stereocenters. The van der Waals surface area contributed by atoms with Gasteiger partial charge in [-0.3, -0.25) is 0 Å². The van der Waals surface area contributed by atoms with E-state index in [1.807, 2.05) is 32.9 Å². The maximum absolute atomic E-state index is 11.1. The van der Waals surface area contributed by atoms with E-state index in [4.69, 9.17) is 5.11 Å². The molecule has 16 heavy (non-hydrogen) atoms. The average Bonchev–Trinajstić information content (AvgIpc) is 2.15. The van der Waals surface area contributed by atoms with Gasteiger partial charge in [0.1, 0.15) is 0 Å². The topological polar surface area (TPSA) is 37.3 Å². The molecule has 0 spiro atoms. The summed E-state index contributed by atoms with van der Waals surface area (Å²) in [6, 6.07) is 5.65. The molecule has 0 atom stereocenters. The summed E-state index contributed by atoms with van der Waals surface area (Å²) < 4.78 is 0. The highest BCUT2D eigenvalue weighted by atomic mass is 16.4. The molecule has 0 amide bonds. The Hall–Kier alpha value is -1.31. The van der Waals surface area contributed by atoms with Gasteiger partial charge in [0.2, 0.25) is 0 Å². The van der Waals surface area contributed by atoms with Gasteiger partial charge < -0.3 is 5.11 Å². The summed E-state index contributed by atoms with van der Waals surface area (Å²) >= 11 is 0. The first kappa shape index (κ1) is 12.8. The van der Waals surface area contributed by atoms with Gasteiger partial charge in [0.05, 0.1) is 5.56 Å². The maximum Gasteiger partial charge on any atom is 0.335 e. The Kier molecular flexibility index (Phi) is 3.41. The van der Waals surface area contributed by atoms with Crippen LogP contribution in [0.15, 0.2) is 18.2 Å². The molecule has 0 aliphatic heterocycles. The summed E-state index contributed by atoms with van der Waals surface area (Å²) in [5.74, 6) is -0.427. The third kappa shape index (κ3) is 2.63. The van der Waals surface area contributed by atoms with E-state index in [-0.39, 0.29) is 5.41 Å². The third-order valence-electron chi connectivity index (χ3n) is 2.75. The average molecular weight is 220 g/mol. The molecule has 0 heterocycles. The van der Waals surface area contributed by atoms with Crippen molar-refractivity contribution in [1.82, 2.24) is 0 Å². The summed E-state index contributed by atoms with van der Waals surface area (Å²) in [4.78, 5) is 11.1. The van der Waals surface area contributed by atoms with Crippen LogP contribution in [0.25, 0.3) is 0 Å². The van der Waals surface area contributed by atoms with Crippen molar-refractivity contribution in [2.45, 2.75) is 46.0 Å². The van der Waals surface area contributed by atoms with Crippen LogP contribution in [-0.4, -0.2) is 11.1 Å². The van der Waals surface area contributed by atoms with E-state index in [1.165, 1.54) is 5.56 Å². The van der Waals surface area contributed by atoms with Crippen LogP contribution >= 0.6 is 0 Å². The van der Waals surface area contributed by atoms with E-state index in [0.717, 1.165) is 5.56 Å². The van der Waals surface area contributed by atoms with Crippen molar-refractivity contribution < 1.29 is 9.90 Å². The predicted octanol–water partition coefficient (Wildman–Crippen LogP) is 3.81. The van der Waals surface area contributed by atoms with E-state index in [9.17, 15) is 4.79 Å². The van der Waals surface area contributed by atoms with Gasteiger partial charge in [-0.05, 0) is 28.5 Å². The summed E-state index contributed by atoms with van der Waals surface area (Å²) in [7, 11) is 0. The van der Waals surface area contributed by atoms with E-state index in [1.54, 1.807) is 6.07 Å². The molecule has 88 valence electrons. The fourth-order valence-electron chi connectivity index (χ4n) is 1.73. The minimum Gasteiger partial charge on any atom is -0.478 e. The number of carboxylic acid groups (broad SMARTS) is 1. The number of benzene rings is 1. The van der Waals surface area contributed by atoms with Crippen molar-refractivity contribution in [1.29, 1.82) is 0 Å². The fourth-order valence-corrected chi connectivity index (χ4v) is 1.73. The smallest absolute Gasteiger partial charge is 0.335 e. The van der Waals surface area contributed by atoms with E-state index >= 15 is 0 Å². The molecule has 0 aliphatic rings. The second-order valence-corrected chi connectivity index (χ2v) is 5.51. The molecule has 0 aromatic heterocycles.